The molecule has 0 saturated carbocycles. The maximum atomic E-state index is 13.3. The molecule has 1 saturated heterocycles. The van der Waals surface area contributed by atoms with E-state index in [0.717, 1.165) is 11.1 Å². The Bertz CT molecular complexity index is 920. The Morgan fingerprint density at radius 3 is 2.46 bits per heavy atom. The minimum Gasteiger partial charge on any atom is -0.507 e. The van der Waals surface area contributed by atoms with Gasteiger partial charge in [-0.25, -0.2) is 4.39 Å². The number of benzene rings is 2. The van der Waals surface area contributed by atoms with E-state index in [1.807, 2.05) is 31.2 Å². The molecule has 1 unspecified atom stereocenters. The smallest absolute Gasteiger partial charge is 0.295 e. The van der Waals surface area contributed by atoms with Crippen molar-refractivity contribution in [3.8, 4) is 0 Å². The highest BCUT2D eigenvalue weighted by Crippen LogP contribution is 2.40. The summed E-state index contributed by atoms with van der Waals surface area (Å²) in [5.41, 5.74) is 1.97. The molecule has 146 valence electrons. The molecule has 0 spiro atoms. The first-order chi connectivity index (χ1) is 13.5. The summed E-state index contributed by atoms with van der Waals surface area (Å²) in [6.07, 6.45) is 0.558. The lowest BCUT2D eigenvalue weighted by atomic mass is 9.92. The number of halogens is 1. The summed E-state index contributed by atoms with van der Waals surface area (Å²) in [6.45, 7) is 2.65. The number of aliphatic hydroxyl groups is 1. The normalized spacial score (nSPS) is 18.7. The number of ketones is 1. The van der Waals surface area contributed by atoms with Crippen molar-refractivity contribution in [1.82, 2.24) is 4.90 Å². The van der Waals surface area contributed by atoms with Crippen LogP contribution < -0.4 is 0 Å². The van der Waals surface area contributed by atoms with E-state index < -0.39 is 23.5 Å². The van der Waals surface area contributed by atoms with Gasteiger partial charge in [0.25, 0.3) is 11.7 Å². The lowest BCUT2D eigenvalue weighted by Crippen LogP contribution is -2.31. The van der Waals surface area contributed by atoms with Gasteiger partial charge in [-0.2, -0.15) is 0 Å². The fraction of sp³-hybridized carbons (Fsp3) is 0.273. The number of rotatable bonds is 6. The van der Waals surface area contributed by atoms with Gasteiger partial charge in [0.2, 0.25) is 0 Å². The molecule has 0 radical (unpaired) electrons. The van der Waals surface area contributed by atoms with Crippen LogP contribution in [0.3, 0.4) is 0 Å². The lowest BCUT2D eigenvalue weighted by molar-refractivity contribution is -0.140. The summed E-state index contributed by atoms with van der Waals surface area (Å²) < 4.78 is 18.3. The molecular formula is C22H22FNO4. The average molecular weight is 383 g/mol. The minimum atomic E-state index is -0.743. The Kier molecular flexibility index (Phi) is 5.90. The van der Waals surface area contributed by atoms with Crippen LogP contribution in [0.25, 0.3) is 5.76 Å². The van der Waals surface area contributed by atoms with Crippen molar-refractivity contribution in [3.63, 3.8) is 0 Å². The standard InChI is InChI=1S/C22H22FNO4/c1-14-6-3-4-7-17(14)19-18(20(25)15-8-10-16(23)11-9-15)21(26)22(27)24(19)12-5-13-28-2/h3-4,6-11,19,25H,5,12-13H2,1-2H3/b20-18-. The van der Waals surface area contributed by atoms with E-state index >= 15 is 0 Å². The van der Waals surface area contributed by atoms with Gasteiger partial charge in [0.15, 0.2) is 0 Å². The summed E-state index contributed by atoms with van der Waals surface area (Å²) in [4.78, 5) is 27.0. The van der Waals surface area contributed by atoms with Gasteiger partial charge in [-0.3, -0.25) is 9.59 Å². The first kappa shape index (κ1) is 19.8. The van der Waals surface area contributed by atoms with Crippen LogP contribution >= 0.6 is 0 Å². The molecule has 5 nitrogen and oxygen atoms in total. The molecule has 0 aromatic heterocycles. The zero-order valence-corrected chi connectivity index (χ0v) is 15.8. The van der Waals surface area contributed by atoms with Gasteiger partial charge < -0.3 is 14.7 Å². The number of likely N-dealkylation sites (tertiary alicyclic amines) is 1. The predicted molar refractivity (Wildman–Crippen MR) is 103 cm³/mol. The van der Waals surface area contributed by atoms with Gasteiger partial charge in [0, 0.05) is 25.8 Å². The maximum absolute atomic E-state index is 13.3. The second kappa shape index (κ2) is 8.35. The Morgan fingerprint density at radius 2 is 1.82 bits per heavy atom. The number of Topliss-reactive ketones (excluding diaryl/α,β-unsaturated/α-hetero) is 1. The van der Waals surface area contributed by atoms with Crippen molar-refractivity contribution in [2.45, 2.75) is 19.4 Å². The van der Waals surface area contributed by atoms with E-state index in [9.17, 15) is 19.1 Å². The lowest BCUT2D eigenvalue weighted by Gasteiger charge is -2.26. The third-order valence-corrected chi connectivity index (χ3v) is 4.89. The summed E-state index contributed by atoms with van der Waals surface area (Å²) in [6, 6.07) is 11.9. The van der Waals surface area contributed by atoms with Gasteiger partial charge in [-0.1, -0.05) is 24.3 Å². The van der Waals surface area contributed by atoms with E-state index in [-0.39, 0.29) is 16.9 Å². The van der Waals surface area contributed by atoms with Crippen LogP contribution in [0.5, 0.6) is 0 Å². The first-order valence-corrected chi connectivity index (χ1v) is 9.04. The number of aliphatic hydroxyl groups excluding tert-OH is 1. The largest absolute Gasteiger partial charge is 0.507 e. The van der Waals surface area contributed by atoms with Crippen LogP contribution in [0.4, 0.5) is 4.39 Å². The number of methoxy groups -OCH3 is 1. The van der Waals surface area contributed by atoms with Crippen molar-refractivity contribution in [2.75, 3.05) is 20.3 Å². The predicted octanol–water partition coefficient (Wildman–Crippen LogP) is 3.59. The first-order valence-electron chi connectivity index (χ1n) is 9.04. The fourth-order valence-corrected chi connectivity index (χ4v) is 3.47. The Balaban J connectivity index is 2.14. The van der Waals surface area contributed by atoms with Gasteiger partial charge in [0.1, 0.15) is 11.6 Å². The molecule has 1 aliphatic heterocycles. The number of carbonyl (C=O) groups is 2. The van der Waals surface area contributed by atoms with E-state index in [1.165, 1.54) is 29.2 Å². The van der Waals surface area contributed by atoms with E-state index in [0.29, 0.717) is 19.6 Å². The van der Waals surface area contributed by atoms with Gasteiger partial charge in [0.05, 0.1) is 11.6 Å². The Morgan fingerprint density at radius 1 is 1.14 bits per heavy atom. The summed E-state index contributed by atoms with van der Waals surface area (Å²) in [5.74, 6) is -2.16. The Hall–Kier alpha value is -2.99. The summed E-state index contributed by atoms with van der Waals surface area (Å²) >= 11 is 0. The number of amides is 1. The third kappa shape index (κ3) is 3.68. The Labute approximate surface area is 163 Å². The molecule has 1 amide bonds. The fourth-order valence-electron chi connectivity index (χ4n) is 3.47. The molecule has 0 aliphatic carbocycles. The molecule has 2 aromatic carbocycles. The highest BCUT2D eigenvalue weighted by molar-refractivity contribution is 6.46. The number of hydrogen-bond acceptors (Lipinski definition) is 4. The molecule has 0 bridgehead atoms. The molecule has 1 N–H and O–H groups in total. The average Bonchev–Trinajstić information content (AvgIpc) is 2.93. The van der Waals surface area contributed by atoms with Crippen molar-refractivity contribution in [1.29, 1.82) is 0 Å². The van der Waals surface area contributed by atoms with Crippen LogP contribution in [0, 0.1) is 12.7 Å². The maximum Gasteiger partial charge on any atom is 0.295 e. The zero-order chi connectivity index (χ0) is 20.3. The minimum absolute atomic E-state index is 0.0170. The second-order valence-corrected chi connectivity index (χ2v) is 6.70. The molecule has 1 aliphatic rings. The number of carbonyl (C=O) groups excluding carboxylic acids is 2. The number of nitrogens with zero attached hydrogens (tertiary/aromatic N) is 1. The van der Waals surface area contributed by atoms with E-state index in [2.05, 4.69) is 0 Å². The molecule has 28 heavy (non-hydrogen) atoms. The summed E-state index contributed by atoms with van der Waals surface area (Å²) in [5, 5.41) is 10.8. The van der Waals surface area contributed by atoms with Crippen LogP contribution in [0.1, 0.15) is 29.2 Å². The van der Waals surface area contributed by atoms with Gasteiger partial charge in [-0.05, 0) is 48.7 Å². The molecule has 1 heterocycles. The molecule has 1 atom stereocenters. The molecule has 6 heteroatoms. The van der Waals surface area contributed by atoms with Crippen molar-refractivity contribution in [3.05, 3.63) is 76.6 Å². The van der Waals surface area contributed by atoms with Crippen LogP contribution in [0.15, 0.2) is 54.1 Å². The molecular weight excluding hydrogens is 361 g/mol. The van der Waals surface area contributed by atoms with Gasteiger partial charge in [-0.15, -0.1) is 0 Å². The SMILES string of the molecule is COCCCN1C(=O)C(=O)/C(=C(\O)c2ccc(F)cc2)C1c1ccccc1C. The van der Waals surface area contributed by atoms with Crippen LogP contribution in [-0.2, 0) is 14.3 Å². The molecule has 3 rings (SSSR count). The highest BCUT2D eigenvalue weighted by atomic mass is 19.1. The quantitative estimate of drug-likeness (QED) is 0.358. The topological polar surface area (TPSA) is 66.8 Å². The van der Waals surface area contributed by atoms with Crippen molar-refractivity contribution in [2.24, 2.45) is 0 Å². The van der Waals surface area contributed by atoms with E-state index in [4.69, 9.17) is 4.74 Å². The number of aryl methyl sites for hydroxylation is 1. The molecule has 2 aromatic rings. The van der Waals surface area contributed by atoms with Gasteiger partial charge >= 0.3 is 0 Å². The van der Waals surface area contributed by atoms with Crippen LogP contribution in [-0.4, -0.2) is 42.0 Å². The number of ether oxygens (including phenoxy) is 1. The van der Waals surface area contributed by atoms with E-state index in [1.54, 1.807) is 7.11 Å². The highest BCUT2D eigenvalue weighted by Gasteiger charge is 2.46. The summed E-state index contributed by atoms with van der Waals surface area (Å²) in [7, 11) is 1.57. The monoisotopic (exact) mass is 383 g/mol. The second-order valence-electron chi connectivity index (χ2n) is 6.70. The third-order valence-electron chi connectivity index (χ3n) is 4.89. The number of hydrogen-bond donors (Lipinski definition) is 1. The molecule has 1 fully saturated rings. The van der Waals surface area contributed by atoms with Crippen molar-refractivity contribution < 1.29 is 23.8 Å². The zero-order valence-electron chi connectivity index (χ0n) is 15.8. The van der Waals surface area contributed by atoms with Crippen molar-refractivity contribution >= 4 is 17.4 Å². The van der Waals surface area contributed by atoms with Crippen LogP contribution in [0.2, 0.25) is 0 Å².